The molecule has 0 bridgehead atoms. The normalized spacial score (nSPS) is 26.1. The maximum Gasteiger partial charge on any atom is 0.409 e. The van der Waals surface area contributed by atoms with Crippen LogP contribution < -0.4 is 0 Å². The first kappa shape index (κ1) is 24.8. The molecule has 1 aliphatic heterocycles. The number of amides is 1. The van der Waals surface area contributed by atoms with Crippen LogP contribution in [-0.4, -0.2) is 65.2 Å². The van der Waals surface area contributed by atoms with Crippen LogP contribution in [0, 0.1) is 18.8 Å². The van der Waals surface area contributed by atoms with E-state index in [1.807, 2.05) is 23.6 Å². The SMILES string of the molecule is COCCOC(=O)N1CC[C@@H](C)[C@H](c2cc(C)nc3cc([C@H]4CC[C@H](C(F)(F)F)CC4)nn23)C1. The molecular weight excluding hydrogens is 449 g/mol. The first-order valence-electron chi connectivity index (χ1n) is 12.0. The Balaban J connectivity index is 1.55. The van der Waals surface area contributed by atoms with Gasteiger partial charge in [-0.2, -0.15) is 18.3 Å². The van der Waals surface area contributed by atoms with Gasteiger partial charge in [0.15, 0.2) is 5.65 Å². The Morgan fingerprint density at radius 2 is 1.88 bits per heavy atom. The van der Waals surface area contributed by atoms with Crippen LogP contribution in [0.1, 0.15) is 67.9 Å². The zero-order chi connectivity index (χ0) is 24.5. The smallest absolute Gasteiger partial charge is 0.409 e. The summed E-state index contributed by atoms with van der Waals surface area (Å²) in [6.07, 6.45) is -2.40. The molecule has 2 aromatic heterocycles. The van der Waals surface area contributed by atoms with Crippen LogP contribution >= 0.6 is 0 Å². The van der Waals surface area contributed by atoms with Crippen molar-refractivity contribution in [1.82, 2.24) is 19.5 Å². The van der Waals surface area contributed by atoms with Gasteiger partial charge in [0.1, 0.15) is 6.61 Å². The highest BCUT2D eigenvalue weighted by Crippen LogP contribution is 2.43. The van der Waals surface area contributed by atoms with E-state index in [1.165, 1.54) is 0 Å². The van der Waals surface area contributed by atoms with E-state index in [0.717, 1.165) is 23.5 Å². The van der Waals surface area contributed by atoms with Crippen LogP contribution in [0.2, 0.25) is 0 Å². The quantitative estimate of drug-likeness (QED) is 0.556. The molecule has 0 N–H and O–H groups in total. The molecule has 188 valence electrons. The maximum atomic E-state index is 13.1. The summed E-state index contributed by atoms with van der Waals surface area (Å²) in [5, 5.41) is 4.83. The lowest BCUT2D eigenvalue weighted by Crippen LogP contribution is -2.43. The molecule has 2 atom stereocenters. The number of aryl methyl sites for hydroxylation is 1. The number of piperidine rings is 1. The number of carbonyl (C=O) groups is 1. The lowest BCUT2D eigenvalue weighted by atomic mass is 9.80. The number of fused-ring (bicyclic) bond motifs is 1. The topological polar surface area (TPSA) is 69.0 Å². The summed E-state index contributed by atoms with van der Waals surface area (Å²) in [6.45, 7) is 5.80. The minimum atomic E-state index is -4.12. The van der Waals surface area contributed by atoms with Crippen LogP contribution in [0.15, 0.2) is 12.1 Å². The van der Waals surface area contributed by atoms with Crippen molar-refractivity contribution in [1.29, 1.82) is 0 Å². The molecular formula is C24H33F3N4O3. The van der Waals surface area contributed by atoms with Gasteiger partial charge >= 0.3 is 12.3 Å². The minimum absolute atomic E-state index is 0.00416. The number of nitrogens with zero attached hydrogens (tertiary/aromatic N) is 4. The largest absolute Gasteiger partial charge is 0.447 e. The van der Waals surface area contributed by atoms with Crippen LogP contribution in [0.5, 0.6) is 0 Å². The molecule has 3 heterocycles. The molecule has 0 aromatic carbocycles. The van der Waals surface area contributed by atoms with E-state index in [-0.39, 0.29) is 37.4 Å². The number of carbonyl (C=O) groups excluding carboxylic acids is 1. The van der Waals surface area contributed by atoms with Gasteiger partial charge in [-0.3, -0.25) is 0 Å². The molecule has 0 unspecified atom stereocenters. The fraction of sp³-hybridized carbons (Fsp3) is 0.708. The molecule has 7 nitrogen and oxygen atoms in total. The number of aromatic nitrogens is 3. The monoisotopic (exact) mass is 482 g/mol. The fourth-order valence-corrected chi connectivity index (χ4v) is 5.25. The highest BCUT2D eigenvalue weighted by molar-refractivity contribution is 5.68. The van der Waals surface area contributed by atoms with Gasteiger partial charge in [0.25, 0.3) is 0 Å². The van der Waals surface area contributed by atoms with Gasteiger partial charge in [-0.25, -0.2) is 14.3 Å². The van der Waals surface area contributed by atoms with Gasteiger partial charge in [-0.15, -0.1) is 0 Å². The lowest BCUT2D eigenvalue weighted by Gasteiger charge is -2.36. The zero-order valence-electron chi connectivity index (χ0n) is 20.0. The highest BCUT2D eigenvalue weighted by atomic mass is 19.4. The molecule has 0 radical (unpaired) electrons. The first-order chi connectivity index (χ1) is 16.2. The van der Waals surface area contributed by atoms with Crippen molar-refractivity contribution in [2.24, 2.45) is 11.8 Å². The fourth-order valence-electron chi connectivity index (χ4n) is 5.25. The summed E-state index contributed by atoms with van der Waals surface area (Å²) >= 11 is 0. The molecule has 4 rings (SSSR count). The Labute approximate surface area is 197 Å². The number of ether oxygens (including phenoxy) is 2. The van der Waals surface area contributed by atoms with Crippen LogP contribution in [0.4, 0.5) is 18.0 Å². The molecule has 34 heavy (non-hydrogen) atoms. The van der Waals surface area contributed by atoms with Crippen molar-refractivity contribution in [3.8, 4) is 0 Å². The molecule has 1 aliphatic carbocycles. The van der Waals surface area contributed by atoms with Crippen LogP contribution in [0.3, 0.4) is 0 Å². The molecule has 1 amide bonds. The number of methoxy groups -OCH3 is 1. The number of likely N-dealkylation sites (tertiary alicyclic amines) is 1. The second-order valence-corrected chi connectivity index (χ2v) is 9.68. The highest BCUT2D eigenvalue weighted by Gasteiger charge is 2.42. The van der Waals surface area contributed by atoms with E-state index < -0.39 is 12.1 Å². The summed E-state index contributed by atoms with van der Waals surface area (Å²) in [7, 11) is 1.56. The predicted molar refractivity (Wildman–Crippen MR) is 120 cm³/mol. The van der Waals surface area contributed by atoms with Crippen molar-refractivity contribution < 1.29 is 27.4 Å². The van der Waals surface area contributed by atoms with Crippen molar-refractivity contribution >= 4 is 11.7 Å². The second-order valence-electron chi connectivity index (χ2n) is 9.68. The van der Waals surface area contributed by atoms with Crippen LogP contribution in [0.25, 0.3) is 5.65 Å². The van der Waals surface area contributed by atoms with E-state index in [9.17, 15) is 18.0 Å². The van der Waals surface area contributed by atoms with Crippen molar-refractivity contribution in [2.75, 3.05) is 33.4 Å². The van der Waals surface area contributed by atoms with E-state index >= 15 is 0 Å². The zero-order valence-corrected chi connectivity index (χ0v) is 20.0. The molecule has 1 saturated carbocycles. The molecule has 10 heteroatoms. The molecule has 1 saturated heterocycles. The van der Waals surface area contributed by atoms with Gasteiger partial charge in [0, 0.05) is 43.8 Å². The third-order valence-corrected chi connectivity index (χ3v) is 7.32. The average molecular weight is 483 g/mol. The Kier molecular flexibility index (Phi) is 7.35. The number of hydrogen-bond donors (Lipinski definition) is 0. The van der Waals surface area contributed by atoms with Crippen molar-refractivity contribution in [3.05, 3.63) is 29.2 Å². The Morgan fingerprint density at radius 1 is 1.15 bits per heavy atom. The number of rotatable bonds is 5. The molecule has 2 fully saturated rings. The number of alkyl halides is 3. The van der Waals surface area contributed by atoms with Gasteiger partial charge in [-0.05, 0) is 51.0 Å². The Bertz CT molecular complexity index is 1000. The van der Waals surface area contributed by atoms with E-state index in [1.54, 1.807) is 12.0 Å². The average Bonchev–Trinajstić information content (AvgIpc) is 3.22. The Morgan fingerprint density at radius 3 is 2.56 bits per heavy atom. The molecule has 2 aliphatic rings. The standard InChI is InChI=1S/C24H33F3N4O3/c1-15-8-9-30(23(32)34-11-10-33-3)14-19(15)21-12-16(2)28-22-13-20(29-31(21)22)17-4-6-18(7-5-17)24(25,26)27/h12-13,15,17-19H,4-11,14H2,1-3H3/t15-,17-,18-,19-/m1/s1. The van der Waals surface area contributed by atoms with Crippen molar-refractivity contribution in [2.45, 2.75) is 64.0 Å². The third-order valence-electron chi connectivity index (χ3n) is 7.32. The summed E-state index contributed by atoms with van der Waals surface area (Å²) < 4.78 is 51.3. The second kappa shape index (κ2) is 10.1. The van der Waals surface area contributed by atoms with E-state index in [4.69, 9.17) is 14.6 Å². The predicted octanol–water partition coefficient (Wildman–Crippen LogP) is 5.08. The summed E-state index contributed by atoms with van der Waals surface area (Å²) in [5.41, 5.74) is 3.33. The van der Waals surface area contributed by atoms with Gasteiger partial charge in [0.2, 0.25) is 0 Å². The van der Waals surface area contributed by atoms with Crippen molar-refractivity contribution in [3.63, 3.8) is 0 Å². The van der Waals surface area contributed by atoms with Gasteiger partial charge in [0.05, 0.1) is 23.9 Å². The summed E-state index contributed by atoms with van der Waals surface area (Å²) in [5.74, 6) is -0.844. The van der Waals surface area contributed by atoms with Gasteiger partial charge < -0.3 is 14.4 Å². The Hall–Kier alpha value is -2.36. The first-order valence-corrected chi connectivity index (χ1v) is 12.0. The summed E-state index contributed by atoms with van der Waals surface area (Å²) in [6, 6.07) is 3.92. The van der Waals surface area contributed by atoms with Gasteiger partial charge in [-0.1, -0.05) is 6.92 Å². The maximum absolute atomic E-state index is 13.1. The summed E-state index contributed by atoms with van der Waals surface area (Å²) in [4.78, 5) is 18.9. The third kappa shape index (κ3) is 5.31. The van der Waals surface area contributed by atoms with E-state index in [0.29, 0.717) is 44.1 Å². The molecule has 0 spiro atoms. The number of hydrogen-bond acceptors (Lipinski definition) is 5. The molecule has 2 aromatic rings. The minimum Gasteiger partial charge on any atom is -0.447 e. The number of halogens is 3. The lowest BCUT2D eigenvalue weighted by molar-refractivity contribution is -0.182. The van der Waals surface area contributed by atoms with E-state index in [2.05, 4.69) is 11.9 Å². The van der Waals surface area contributed by atoms with Crippen LogP contribution in [-0.2, 0) is 9.47 Å².